The van der Waals surface area contributed by atoms with E-state index in [0.717, 1.165) is 30.4 Å². The molecule has 0 saturated heterocycles. The summed E-state index contributed by atoms with van der Waals surface area (Å²) in [5.41, 5.74) is -0.0443. The largest absolute Gasteiger partial charge is 0.370 e. The molecule has 1 heterocycles. The smallest absolute Gasteiger partial charge is 0.138 e. The third-order valence-corrected chi connectivity index (χ3v) is 2.76. The number of nitrogens with zero attached hydrogens (tertiary/aromatic N) is 2. The fourth-order valence-electron chi connectivity index (χ4n) is 1.48. The summed E-state index contributed by atoms with van der Waals surface area (Å²) in [6, 6.07) is 2.40. The molecular formula is C14H26N4. The summed E-state index contributed by atoms with van der Waals surface area (Å²) in [6.45, 7) is 13.6. The molecule has 0 spiro atoms. The molecule has 1 aromatic rings. The van der Waals surface area contributed by atoms with Gasteiger partial charge >= 0.3 is 0 Å². The zero-order valence-corrected chi connectivity index (χ0v) is 12.5. The van der Waals surface area contributed by atoms with E-state index in [4.69, 9.17) is 0 Å². The second kappa shape index (κ2) is 6.03. The van der Waals surface area contributed by atoms with Crippen LogP contribution in [0.2, 0.25) is 0 Å². The number of hydrogen-bond donors (Lipinski definition) is 2. The third kappa shape index (κ3) is 4.17. The van der Waals surface area contributed by atoms with Crippen molar-refractivity contribution in [3.05, 3.63) is 11.9 Å². The van der Waals surface area contributed by atoms with Gasteiger partial charge in [-0.25, -0.2) is 9.97 Å². The van der Waals surface area contributed by atoms with Gasteiger partial charge in [0, 0.05) is 24.1 Å². The molecule has 0 radical (unpaired) electrons. The lowest BCUT2D eigenvalue weighted by molar-refractivity contribution is 0.546. The second-order valence-corrected chi connectivity index (χ2v) is 5.70. The van der Waals surface area contributed by atoms with Crippen LogP contribution >= 0.6 is 0 Å². The van der Waals surface area contributed by atoms with Crippen molar-refractivity contribution in [2.45, 2.75) is 59.4 Å². The first-order valence-electron chi connectivity index (χ1n) is 6.76. The van der Waals surface area contributed by atoms with Crippen LogP contribution in [0.4, 0.5) is 11.6 Å². The molecule has 4 heteroatoms. The Bertz CT molecular complexity index is 382. The van der Waals surface area contributed by atoms with Crippen molar-refractivity contribution in [2.75, 3.05) is 17.2 Å². The van der Waals surface area contributed by atoms with E-state index >= 15 is 0 Å². The van der Waals surface area contributed by atoms with Crippen LogP contribution in [0.3, 0.4) is 0 Å². The Morgan fingerprint density at radius 2 is 1.78 bits per heavy atom. The van der Waals surface area contributed by atoms with Gasteiger partial charge in [0.25, 0.3) is 0 Å². The Balaban J connectivity index is 3.06. The highest BCUT2D eigenvalue weighted by atomic mass is 15.1. The molecule has 1 unspecified atom stereocenters. The summed E-state index contributed by atoms with van der Waals surface area (Å²) in [5, 5.41) is 6.67. The van der Waals surface area contributed by atoms with Gasteiger partial charge in [-0.15, -0.1) is 0 Å². The first kappa shape index (κ1) is 14.7. The molecule has 1 atom stereocenters. The van der Waals surface area contributed by atoms with Crippen molar-refractivity contribution >= 4 is 11.6 Å². The fraction of sp³-hybridized carbons (Fsp3) is 0.714. The van der Waals surface area contributed by atoms with Gasteiger partial charge in [-0.2, -0.15) is 0 Å². The SMILES string of the molecule is CCNc1cc(NC(C)CC)nc(C(C)(C)C)n1. The van der Waals surface area contributed by atoms with E-state index in [-0.39, 0.29) is 5.41 Å². The van der Waals surface area contributed by atoms with E-state index in [2.05, 4.69) is 62.1 Å². The van der Waals surface area contributed by atoms with Crippen LogP contribution in [0.5, 0.6) is 0 Å². The highest BCUT2D eigenvalue weighted by Crippen LogP contribution is 2.22. The standard InChI is InChI=1S/C14H26N4/c1-7-10(3)16-12-9-11(15-8-2)17-13(18-12)14(4,5)6/h9-10H,7-8H2,1-6H3,(H2,15,16,17,18). The number of nitrogens with one attached hydrogen (secondary N) is 2. The predicted octanol–water partition coefficient (Wildman–Crippen LogP) is 3.42. The predicted molar refractivity (Wildman–Crippen MR) is 78.3 cm³/mol. The molecule has 4 nitrogen and oxygen atoms in total. The van der Waals surface area contributed by atoms with E-state index in [0.29, 0.717) is 6.04 Å². The minimum atomic E-state index is -0.0443. The van der Waals surface area contributed by atoms with E-state index in [9.17, 15) is 0 Å². The summed E-state index contributed by atoms with van der Waals surface area (Å²) >= 11 is 0. The van der Waals surface area contributed by atoms with Gasteiger partial charge in [-0.1, -0.05) is 27.7 Å². The molecule has 0 aromatic carbocycles. The minimum absolute atomic E-state index is 0.0443. The van der Waals surface area contributed by atoms with Crippen molar-refractivity contribution in [1.82, 2.24) is 9.97 Å². The van der Waals surface area contributed by atoms with Crippen LogP contribution in [-0.4, -0.2) is 22.6 Å². The van der Waals surface area contributed by atoms with Crippen molar-refractivity contribution in [1.29, 1.82) is 0 Å². The van der Waals surface area contributed by atoms with Gasteiger partial charge in [-0.05, 0) is 20.3 Å². The summed E-state index contributed by atoms with van der Waals surface area (Å²) in [4.78, 5) is 9.18. The molecule has 0 amide bonds. The van der Waals surface area contributed by atoms with Crippen molar-refractivity contribution in [3.8, 4) is 0 Å². The lowest BCUT2D eigenvalue weighted by atomic mass is 9.96. The van der Waals surface area contributed by atoms with Gasteiger partial charge < -0.3 is 10.6 Å². The molecule has 102 valence electrons. The van der Waals surface area contributed by atoms with Gasteiger partial charge in [0.15, 0.2) is 0 Å². The van der Waals surface area contributed by atoms with E-state index in [1.807, 2.05) is 6.07 Å². The molecule has 1 rings (SSSR count). The third-order valence-electron chi connectivity index (χ3n) is 2.76. The molecule has 0 aliphatic heterocycles. The molecule has 0 bridgehead atoms. The Morgan fingerprint density at radius 1 is 1.17 bits per heavy atom. The summed E-state index contributed by atoms with van der Waals surface area (Å²) in [7, 11) is 0. The highest BCUT2D eigenvalue weighted by molar-refractivity contribution is 5.48. The molecule has 2 N–H and O–H groups in total. The Hall–Kier alpha value is -1.32. The van der Waals surface area contributed by atoms with Crippen LogP contribution in [0.1, 0.15) is 53.8 Å². The topological polar surface area (TPSA) is 49.8 Å². The van der Waals surface area contributed by atoms with Crippen LogP contribution < -0.4 is 10.6 Å². The molecule has 1 aromatic heterocycles. The molecule has 18 heavy (non-hydrogen) atoms. The zero-order chi connectivity index (χ0) is 13.8. The minimum Gasteiger partial charge on any atom is -0.370 e. The maximum atomic E-state index is 4.61. The first-order chi connectivity index (χ1) is 8.36. The summed E-state index contributed by atoms with van der Waals surface area (Å²) < 4.78 is 0. The Morgan fingerprint density at radius 3 is 2.28 bits per heavy atom. The summed E-state index contributed by atoms with van der Waals surface area (Å²) in [5.74, 6) is 2.66. The zero-order valence-electron chi connectivity index (χ0n) is 12.5. The van der Waals surface area contributed by atoms with Crippen LogP contribution in [0, 0.1) is 0 Å². The second-order valence-electron chi connectivity index (χ2n) is 5.70. The Labute approximate surface area is 111 Å². The van der Waals surface area contributed by atoms with Gasteiger partial charge in [0.05, 0.1) is 0 Å². The lowest BCUT2D eigenvalue weighted by Crippen LogP contribution is -2.21. The number of anilines is 2. The number of aromatic nitrogens is 2. The maximum absolute atomic E-state index is 4.61. The molecule has 0 fully saturated rings. The van der Waals surface area contributed by atoms with Crippen molar-refractivity contribution < 1.29 is 0 Å². The molecule has 0 saturated carbocycles. The van der Waals surface area contributed by atoms with E-state index in [1.54, 1.807) is 0 Å². The van der Waals surface area contributed by atoms with Crippen molar-refractivity contribution in [3.63, 3.8) is 0 Å². The van der Waals surface area contributed by atoms with E-state index in [1.165, 1.54) is 0 Å². The monoisotopic (exact) mass is 250 g/mol. The Kier molecular flexibility index (Phi) is 4.93. The fourth-order valence-corrected chi connectivity index (χ4v) is 1.48. The number of hydrogen-bond acceptors (Lipinski definition) is 4. The van der Waals surface area contributed by atoms with Gasteiger partial charge in [0.2, 0.25) is 0 Å². The first-order valence-corrected chi connectivity index (χ1v) is 6.76. The van der Waals surface area contributed by atoms with Crippen LogP contribution in [0.15, 0.2) is 6.07 Å². The van der Waals surface area contributed by atoms with Gasteiger partial charge in [-0.3, -0.25) is 0 Å². The normalized spacial score (nSPS) is 13.2. The average Bonchev–Trinajstić information content (AvgIpc) is 2.27. The maximum Gasteiger partial charge on any atom is 0.138 e. The van der Waals surface area contributed by atoms with Gasteiger partial charge in [0.1, 0.15) is 17.5 Å². The number of rotatable bonds is 5. The molecule has 0 aliphatic carbocycles. The van der Waals surface area contributed by atoms with E-state index < -0.39 is 0 Å². The summed E-state index contributed by atoms with van der Waals surface area (Å²) in [6.07, 6.45) is 1.07. The quantitative estimate of drug-likeness (QED) is 0.840. The average molecular weight is 250 g/mol. The van der Waals surface area contributed by atoms with Crippen LogP contribution in [0.25, 0.3) is 0 Å². The van der Waals surface area contributed by atoms with Crippen LogP contribution in [-0.2, 0) is 5.41 Å². The highest BCUT2D eigenvalue weighted by Gasteiger charge is 2.19. The lowest BCUT2D eigenvalue weighted by Gasteiger charge is -2.20. The van der Waals surface area contributed by atoms with Crippen molar-refractivity contribution in [2.24, 2.45) is 0 Å². The molecule has 0 aliphatic rings. The molecular weight excluding hydrogens is 224 g/mol.